The van der Waals surface area contributed by atoms with Gasteiger partial charge in [0.2, 0.25) is 0 Å². The van der Waals surface area contributed by atoms with Crippen molar-refractivity contribution in [3.63, 3.8) is 0 Å². The molecule has 1 fully saturated rings. The van der Waals surface area contributed by atoms with Crippen LogP contribution in [0.1, 0.15) is 36.6 Å². The van der Waals surface area contributed by atoms with Crippen molar-refractivity contribution in [2.75, 3.05) is 50.1 Å². The van der Waals surface area contributed by atoms with E-state index in [0.717, 1.165) is 5.69 Å². The molecule has 0 radical (unpaired) electrons. The van der Waals surface area contributed by atoms with Gasteiger partial charge in [0, 0.05) is 51.5 Å². The molecule has 3 aromatic carbocycles. The summed E-state index contributed by atoms with van der Waals surface area (Å²) in [6.07, 6.45) is 0. The van der Waals surface area contributed by atoms with E-state index in [9.17, 15) is 18.8 Å². The van der Waals surface area contributed by atoms with E-state index in [1.54, 1.807) is 24.3 Å². The summed E-state index contributed by atoms with van der Waals surface area (Å²) < 4.78 is 13.6. The van der Waals surface area contributed by atoms with E-state index in [0.29, 0.717) is 54.1 Å². The molecule has 0 saturated carbocycles. The van der Waals surface area contributed by atoms with Crippen LogP contribution >= 0.6 is 0 Å². The van der Waals surface area contributed by atoms with Gasteiger partial charge >= 0.3 is 0 Å². The van der Waals surface area contributed by atoms with Crippen LogP contribution in [0, 0.1) is 5.82 Å². The lowest BCUT2D eigenvalue weighted by Crippen LogP contribution is -2.49. The fraction of sp³-hybridized carbons (Fsp3) is 0.250. The van der Waals surface area contributed by atoms with E-state index < -0.39 is 5.82 Å². The minimum atomic E-state index is -0.411. The van der Waals surface area contributed by atoms with Gasteiger partial charge in [-0.2, -0.15) is 0 Å². The number of halogens is 1. The van der Waals surface area contributed by atoms with Gasteiger partial charge in [0.1, 0.15) is 5.82 Å². The van der Waals surface area contributed by atoms with Crippen LogP contribution < -0.4 is 9.80 Å². The van der Waals surface area contributed by atoms with Gasteiger partial charge in [0.05, 0.1) is 23.4 Å². The highest BCUT2D eigenvalue weighted by Crippen LogP contribution is 2.33. The zero-order valence-corrected chi connectivity index (χ0v) is 20.3. The van der Waals surface area contributed by atoms with Crippen LogP contribution in [0.5, 0.6) is 0 Å². The Morgan fingerprint density at radius 2 is 1.61 bits per heavy atom. The van der Waals surface area contributed by atoms with Crippen LogP contribution in [0.3, 0.4) is 0 Å². The number of hydrogen-bond donors (Lipinski definition) is 0. The Morgan fingerprint density at radius 1 is 0.889 bits per heavy atom. The van der Waals surface area contributed by atoms with E-state index in [4.69, 9.17) is 0 Å². The first-order chi connectivity index (χ1) is 17.3. The zero-order chi connectivity index (χ0) is 25.4. The molecule has 0 spiro atoms. The summed E-state index contributed by atoms with van der Waals surface area (Å²) in [5.74, 6) is -1.20. The number of benzene rings is 3. The maximum atomic E-state index is 13.6. The van der Waals surface area contributed by atoms with Crippen molar-refractivity contribution < 1.29 is 18.8 Å². The Labute approximate surface area is 209 Å². The number of hydrogen-bond acceptors (Lipinski definition) is 5. The molecule has 1 saturated heterocycles. The molecule has 3 amide bonds. The van der Waals surface area contributed by atoms with E-state index in [1.807, 2.05) is 54.2 Å². The first-order valence-electron chi connectivity index (χ1n) is 11.9. The van der Waals surface area contributed by atoms with Crippen molar-refractivity contribution in [1.29, 1.82) is 0 Å². The number of fused-ring (bicyclic) bond motifs is 1. The van der Waals surface area contributed by atoms with Crippen LogP contribution in [0.4, 0.5) is 15.8 Å². The first kappa shape index (κ1) is 23.5. The summed E-state index contributed by atoms with van der Waals surface area (Å²) >= 11 is 0. The summed E-state index contributed by atoms with van der Waals surface area (Å²) in [4.78, 5) is 46.5. The van der Waals surface area contributed by atoms with Crippen LogP contribution in [0.15, 0.2) is 66.7 Å². The standard InChI is InChI=1S/C28H27FN4O3/c1-30(2)22-9-4-7-20(17-22)26(34)32-14-12-31(13-15-32)24-11-5-10-23-25(24)28(36)33(27(23)35)18-19-6-3-8-21(29)16-19/h3-11,16-17H,12-15,18H2,1-2H3. The third-order valence-electron chi connectivity index (χ3n) is 6.72. The Balaban J connectivity index is 1.32. The van der Waals surface area contributed by atoms with Gasteiger partial charge in [0.25, 0.3) is 17.7 Å². The average molecular weight is 487 g/mol. The van der Waals surface area contributed by atoms with Crippen molar-refractivity contribution in [3.05, 3.63) is 94.8 Å². The van der Waals surface area contributed by atoms with Gasteiger partial charge in [-0.1, -0.05) is 24.3 Å². The minimum absolute atomic E-state index is 0.0117. The number of carbonyl (C=O) groups excluding carboxylic acids is 3. The fourth-order valence-electron chi connectivity index (χ4n) is 4.79. The lowest BCUT2D eigenvalue weighted by atomic mass is 10.1. The van der Waals surface area contributed by atoms with Gasteiger partial charge in [-0.05, 0) is 48.0 Å². The number of carbonyl (C=O) groups is 3. The number of amides is 3. The molecule has 2 aliphatic heterocycles. The fourth-order valence-corrected chi connectivity index (χ4v) is 4.79. The molecule has 184 valence electrons. The highest BCUT2D eigenvalue weighted by molar-refractivity contribution is 6.23. The maximum absolute atomic E-state index is 13.6. The highest BCUT2D eigenvalue weighted by atomic mass is 19.1. The van der Waals surface area contributed by atoms with Gasteiger partial charge in [-0.3, -0.25) is 19.3 Å². The second kappa shape index (κ2) is 9.45. The molecule has 8 heteroatoms. The predicted octanol–water partition coefficient (Wildman–Crippen LogP) is 3.65. The predicted molar refractivity (Wildman–Crippen MR) is 136 cm³/mol. The number of piperazine rings is 1. The molecule has 2 heterocycles. The monoisotopic (exact) mass is 486 g/mol. The highest BCUT2D eigenvalue weighted by Gasteiger charge is 2.39. The van der Waals surface area contributed by atoms with Crippen molar-refractivity contribution in [2.24, 2.45) is 0 Å². The zero-order valence-electron chi connectivity index (χ0n) is 20.3. The molecule has 0 bridgehead atoms. The maximum Gasteiger partial charge on any atom is 0.263 e. The van der Waals surface area contributed by atoms with Gasteiger partial charge in [-0.25, -0.2) is 4.39 Å². The van der Waals surface area contributed by atoms with Crippen molar-refractivity contribution in [2.45, 2.75) is 6.54 Å². The van der Waals surface area contributed by atoms with Gasteiger partial charge in [-0.15, -0.1) is 0 Å². The third-order valence-corrected chi connectivity index (χ3v) is 6.72. The summed E-state index contributed by atoms with van der Waals surface area (Å²) in [6, 6.07) is 18.7. The Bertz CT molecular complexity index is 1350. The Hall–Kier alpha value is -4.20. The second-order valence-corrected chi connectivity index (χ2v) is 9.25. The molecule has 3 aromatic rings. The second-order valence-electron chi connectivity index (χ2n) is 9.25. The van der Waals surface area contributed by atoms with Gasteiger partial charge < -0.3 is 14.7 Å². The molecule has 0 unspecified atom stereocenters. The lowest BCUT2D eigenvalue weighted by Gasteiger charge is -2.36. The third kappa shape index (κ3) is 4.30. The molecule has 7 nitrogen and oxygen atoms in total. The van der Waals surface area contributed by atoms with E-state index in [2.05, 4.69) is 4.90 Å². The quantitative estimate of drug-likeness (QED) is 0.515. The largest absolute Gasteiger partial charge is 0.378 e. The molecule has 5 rings (SSSR count). The van der Waals surface area contributed by atoms with E-state index in [-0.39, 0.29) is 24.3 Å². The molecule has 36 heavy (non-hydrogen) atoms. The molecule has 0 aromatic heterocycles. The smallest absolute Gasteiger partial charge is 0.263 e. The molecular weight excluding hydrogens is 459 g/mol. The van der Waals surface area contributed by atoms with Crippen LogP contribution in [0.2, 0.25) is 0 Å². The minimum Gasteiger partial charge on any atom is -0.378 e. The molecule has 2 aliphatic rings. The summed E-state index contributed by atoms with van der Waals surface area (Å²) in [5, 5.41) is 0. The number of nitrogens with zero attached hydrogens (tertiary/aromatic N) is 4. The molecule has 0 N–H and O–H groups in total. The Kier molecular flexibility index (Phi) is 6.18. The van der Waals surface area contributed by atoms with E-state index >= 15 is 0 Å². The summed E-state index contributed by atoms with van der Waals surface area (Å²) in [5.41, 5.74) is 3.57. The van der Waals surface area contributed by atoms with Crippen LogP contribution in [-0.4, -0.2) is 67.8 Å². The number of anilines is 2. The first-order valence-corrected chi connectivity index (χ1v) is 11.9. The van der Waals surface area contributed by atoms with E-state index in [1.165, 1.54) is 17.0 Å². The van der Waals surface area contributed by atoms with Crippen molar-refractivity contribution in [3.8, 4) is 0 Å². The van der Waals surface area contributed by atoms with Crippen molar-refractivity contribution >= 4 is 29.1 Å². The lowest BCUT2D eigenvalue weighted by molar-refractivity contribution is 0.0640. The Morgan fingerprint density at radius 3 is 2.33 bits per heavy atom. The van der Waals surface area contributed by atoms with Gasteiger partial charge in [0.15, 0.2) is 0 Å². The molecule has 0 aliphatic carbocycles. The normalized spacial score (nSPS) is 15.4. The topological polar surface area (TPSA) is 64.2 Å². The van der Waals surface area contributed by atoms with Crippen LogP contribution in [0.25, 0.3) is 0 Å². The number of imide groups is 1. The SMILES string of the molecule is CN(C)c1cccc(C(=O)N2CCN(c3cccc4c3C(=O)N(Cc3cccc(F)c3)C4=O)CC2)c1. The summed E-state index contributed by atoms with van der Waals surface area (Å²) in [6.45, 7) is 2.10. The van der Waals surface area contributed by atoms with Crippen LogP contribution in [-0.2, 0) is 6.54 Å². The molecular formula is C28H27FN4O3. The summed E-state index contributed by atoms with van der Waals surface area (Å²) in [7, 11) is 3.87. The average Bonchev–Trinajstić information content (AvgIpc) is 3.13. The molecule has 0 atom stereocenters. The van der Waals surface area contributed by atoms with Crippen molar-refractivity contribution in [1.82, 2.24) is 9.80 Å². The number of rotatable bonds is 5.